The molecule has 0 bridgehead atoms. The molecule has 3 aliphatic rings. The highest BCUT2D eigenvalue weighted by atomic mass is 35.5. The van der Waals surface area contributed by atoms with Crippen LogP contribution < -0.4 is 5.32 Å². The predicted octanol–water partition coefficient (Wildman–Crippen LogP) is 0.772. The third-order valence-corrected chi connectivity index (χ3v) is 6.18. The number of hydrogen-bond donors (Lipinski definition) is 2. The van der Waals surface area contributed by atoms with Crippen molar-refractivity contribution in [3.8, 4) is 0 Å². The van der Waals surface area contributed by atoms with E-state index in [4.69, 9.17) is 0 Å². The number of nitrogens with one attached hydrogen (secondary N) is 1. The highest BCUT2D eigenvalue weighted by Gasteiger charge is 2.44. The van der Waals surface area contributed by atoms with Gasteiger partial charge in [-0.3, -0.25) is 9.59 Å². The molecule has 0 unspecified atom stereocenters. The molecule has 7 heteroatoms. The maximum Gasteiger partial charge on any atom is 0.242 e. The average Bonchev–Trinajstić information content (AvgIpc) is 2.51. The van der Waals surface area contributed by atoms with Crippen LogP contribution in [0.2, 0.25) is 0 Å². The van der Waals surface area contributed by atoms with Crippen molar-refractivity contribution in [1.29, 1.82) is 0 Å². The van der Waals surface area contributed by atoms with Crippen LogP contribution in [0.3, 0.4) is 0 Å². The smallest absolute Gasteiger partial charge is 0.242 e. The van der Waals surface area contributed by atoms with Gasteiger partial charge in [-0.05, 0) is 51.0 Å². The van der Waals surface area contributed by atoms with E-state index in [1.165, 1.54) is 6.42 Å². The van der Waals surface area contributed by atoms with Gasteiger partial charge >= 0.3 is 0 Å². The molecule has 1 saturated carbocycles. The molecule has 2 amide bonds. The van der Waals surface area contributed by atoms with Crippen LogP contribution in [0.25, 0.3) is 0 Å². The lowest BCUT2D eigenvalue weighted by atomic mass is 9.71. The molecule has 1 atom stereocenters. The second kappa shape index (κ2) is 8.02. The topological polar surface area (TPSA) is 72.9 Å². The molecule has 1 aliphatic carbocycles. The summed E-state index contributed by atoms with van der Waals surface area (Å²) in [4.78, 5) is 28.6. The van der Waals surface area contributed by atoms with Gasteiger partial charge in [0.1, 0.15) is 6.04 Å². The minimum absolute atomic E-state index is 0. The zero-order valence-electron chi connectivity index (χ0n) is 14.5. The number of nitrogens with zero attached hydrogens (tertiary/aromatic N) is 2. The van der Waals surface area contributed by atoms with Crippen molar-refractivity contribution in [2.75, 3.05) is 33.3 Å². The lowest BCUT2D eigenvalue weighted by Gasteiger charge is -2.51. The number of carbonyl (C=O) groups excluding carboxylic acids is 2. The van der Waals surface area contributed by atoms with Crippen molar-refractivity contribution < 1.29 is 14.7 Å². The van der Waals surface area contributed by atoms with Crippen LogP contribution in [0.15, 0.2) is 0 Å². The van der Waals surface area contributed by atoms with E-state index in [0.29, 0.717) is 18.4 Å². The van der Waals surface area contributed by atoms with Gasteiger partial charge in [0, 0.05) is 32.1 Å². The predicted molar refractivity (Wildman–Crippen MR) is 94.0 cm³/mol. The summed E-state index contributed by atoms with van der Waals surface area (Å²) in [6, 6.07) is -0.0224. The summed E-state index contributed by atoms with van der Waals surface area (Å²) < 4.78 is 0. The second-order valence-corrected chi connectivity index (χ2v) is 7.46. The van der Waals surface area contributed by atoms with Gasteiger partial charge in [0.05, 0.1) is 6.61 Å². The first kappa shape index (κ1) is 19.5. The van der Waals surface area contributed by atoms with Crippen LogP contribution in [0.4, 0.5) is 0 Å². The van der Waals surface area contributed by atoms with Crippen molar-refractivity contribution in [2.24, 2.45) is 5.41 Å². The fourth-order valence-corrected chi connectivity index (χ4v) is 4.20. The van der Waals surface area contributed by atoms with Crippen LogP contribution in [0.1, 0.15) is 44.9 Å². The fourth-order valence-electron chi connectivity index (χ4n) is 4.20. The lowest BCUT2D eigenvalue weighted by molar-refractivity contribution is -0.147. The first-order valence-electron chi connectivity index (χ1n) is 8.95. The standard InChI is InChI=1S/C17H29N3O3.ClH/c1-18-14(11-21)16(23)19-9-7-17(8-10-19)6-5-15(22)20(12-17)13-3-2-4-13;/h13-14,18,21H,2-12H2,1H3;1H/t14-;/m0./s1. The summed E-state index contributed by atoms with van der Waals surface area (Å²) in [5.41, 5.74) is 0.203. The van der Waals surface area contributed by atoms with Crippen LogP contribution in [-0.4, -0.2) is 72.1 Å². The summed E-state index contributed by atoms with van der Waals surface area (Å²) in [7, 11) is 1.70. The van der Waals surface area contributed by atoms with Crippen molar-refractivity contribution in [2.45, 2.75) is 57.0 Å². The largest absolute Gasteiger partial charge is 0.394 e. The number of likely N-dealkylation sites (tertiary alicyclic amines) is 2. The first-order valence-corrected chi connectivity index (χ1v) is 8.95. The number of aliphatic hydroxyl groups excluding tert-OH is 1. The van der Waals surface area contributed by atoms with Gasteiger partial charge < -0.3 is 20.2 Å². The number of amides is 2. The Morgan fingerprint density at radius 1 is 1.33 bits per heavy atom. The molecular formula is C17H30ClN3O3. The number of aliphatic hydroxyl groups is 1. The molecule has 2 heterocycles. The number of piperidine rings is 2. The molecule has 3 rings (SSSR count). The Balaban J connectivity index is 0.00000208. The Bertz CT molecular complexity index is 458. The van der Waals surface area contributed by atoms with Gasteiger partial charge in [-0.2, -0.15) is 0 Å². The van der Waals surface area contributed by atoms with Gasteiger partial charge in [-0.1, -0.05) is 0 Å². The normalized spacial score (nSPS) is 25.2. The zero-order chi connectivity index (χ0) is 16.4. The van der Waals surface area contributed by atoms with E-state index in [1.807, 2.05) is 4.90 Å². The monoisotopic (exact) mass is 359 g/mol. The maximum atomic E-state index is 12.4. The number of halogens is 1. The number of likely N-dealkylation sites (N-methyl/N-ethyl adjacent to an activating group) is 1. The maximum absolute atomic E-state index is 12.4. The van der Waals surface area contributed by atoms with E-state index in [0.717, 1.165) is 51.7 Å². The third kappa shape index (κ3) is 3.70. The summed E-state index contributed by atoms with van der Waals surface area (Å²) in [5.74, 6) is 0.321. The van der Waals surface area contributed by atoms with E-state index in [1.54, 1.807) is 7.05 Å². The molecule has 2 N–H and O–H groups in total. The Hall–Kier alpha value is -0.850. The minimum atomic E-state index is -0.497. The second-order valence-electron chi connectivity index (χ2n) is 7.46. The van der Waals surface area contributed by atoms with Gasteiger partial charge in [0.25, 0.3) is 0 Å². The number of hydrogen-bond acceptors (Lipinski definition) is 4. The van der Waals surface area contributed by atoms with Crippen molar-refractivity contribution in [3.05, 3.63) is 0 Å². The van der Waals surface area contributed by atoms with E-state index < -0.39 is 6.04 Å². The molecule has 0 aromatic carbocycles. The van der Waals surface area contributed by atoms with Crippen LogP contribution in [0, 0.1) is 5.41 Å². The molecule has 3 fully saturated rings. The lowest BCUT2D eigenvalue weighted by Crippen LogP contribution is -2.57. The molecule has 2 aliphatic heterocycles. The number of carbonyl (C=O) groups is 2. The van der Waals surface area contributed by atoms with E-state index in [2.05, 4.69) is 10.2 Å². The van der Waals surface area contributed by atoms with Gasteiger partial charge in [-0.15, -0.1) is 12.4 Å². The fraction of sp³-hybridized carbons (Fsp3) is 0.882. The molecule has 6 nitrogen and oxygen atoms in total. The number of rotatable bonds is 4. The quantitative estimate of drug-likeness (QED) is 0.777. The Labute approximate surface area is 150 Å². The first-order chi connectivity index (χ1) is 11.1. The van der Waals surface area contributed by atoms with Gasteiger partial charge in [0.2, 0.25) is 11.8 Å². The summed E-state index contributed by atoms with van der Waals surface area (Å²) in [5, 5.41) is 12.1. The Morgan fingerprint density at radius 2 is 2.00 bits per heavy atom. The minimum Gasteiger partial charge on any atom is -0.394 e. The molecule has 0 aromatic rings. The van der Waals surface area contributed by atoms with Crippen LogP contribution >= 0.6 is 12.4 Å². The summed E-state index contributed by atoms with van der Waals surface area (Å²) in [6.07, 6.45) is 7.14. The summed E-state index contributed by atoms with van der Waals surface area (Å²) in [6.45, 7) is 2.20. The van der Waals surface area contributed by atoms with E-state index in [-0.39, 0.29) is 30.3 Å². The molecular weight excluding hydrogens is 330 g/mol. The van der Waals surface area contributed by atoms with E-state index >= 15 is 0 Å². The SMILES string of the molecule is CN[C@@H](CO)C(=O)N1CCC2(CCC(=O)N(C3CCC3)C2)CC1.Cl. The highest BCUT2D eigenvalue weighted by Crippen LogP contribution is 2.42. The van der Waals surface area contributed by atoms with Crippen molar-refractivity contribution in [3.63, 3.8) is 0 Å². The van der Waals surface area contributed by atoms with Gasteiger partial charge in [-0.25, -0.2) is 0 Å². The average molecular weight is 360 g/mol. The van der Waals surface area contributed by atoms with Gasteiger partial charge in [0.15, 0.2) is 0 Å². The zero-order valence-corrected chi connectivity index (χ0v) is 15.3. The molecule has 2 saturated heterocycles. The molecule has 1 spiro atoms. The highest BCUT2D eigenvalue weighted by molar-refractivity contribution is 5.85. The van der Waals surface area contributed by atoms with E-state index in [9.17, 15) is 14.7 Å². The van der Waals surface area contributed by atoms with Crippen LogP contribution in [-0.2, 0) is 9.59 Å². The molecule has 24 heavy (non-hydrogen) atoms. The third-order valence-electron chi connectivity index (χ3n) is 6.18. The molecule has 138 valence electrons. The summed E-state index contributed by atoms with van der Waals surface area (Å²) >= 11 is 0. The van der Waals surface area contributed by atoms with Crippen molar-refractivity contribution >= 4 is 24.2 Å². The van der Waals surface area contributed by atoms with Crippen molar-refractivity contribution in [1.82, 2.24) is 15.1 Å². The Kier molecular flexibility index (Phi) is 6.51. The van der Waals surface area contributed by atoms with Crippen LogP contribution in [0.5, 0.6) is 0 Å². The molecule has 0 aromatic heterocycles. The Morgan fingerprint density at radius 3 is 2.50 bits per heavy atom. The molecule has 0 radical (unpaired) electrons.